The van der Waals surface area contributed by atoms with Crippen molar-refractivity contribution < 1.29 is 49.0 Å². The van der Waals surface area contributed by atoms with E-state index in [-0.39, 0.29) is 30.9 Å². The largest absolute Gasteiger partial charge is 0.507 e. The minimum Gasteiger partial charge on any atom is -0.507 e. The predicted molar refractivity (Wildman–Crippen MR) is 382 cm³/mol. The summed E-state index contributed by atoms with van der Waals surface area (Å²) in [5.41, 5.74) is 6.10. The highest BCUT2D eigenvalue weighted by atomic mass is 32.2. The summed E-state index contributed by atoms with van der Waals surface area (Å²) in [6, 6.07) is 29.6. The number of para-hydroxylation sites is 4. The van der Waals surface area contributed by atoms with E-state index in [2.05, 4.69) is 34.6 Å². The van der Waals surface area contributed by atoms with Crippen LogP contribution >= 0.6 is 45.3 Å². The molecule has 0 bridgehead atoms. The van der Waals surface area contributed by atoms with Gasteiger partial charge in [0.1, 0.15) is 28.6 Å². The Morgan fingerprint density at radius 3 is 1.27 bits per heavy atom. The normalized spacial score (nSPS) is 15.5. The molecule has 12 rings (SSSR count). The van der Waals surface area contributed by atoms with Crippen LogP contribution in [-0.4, -0.2) is 187 Å². The zero-order chi connectivity index (χ0) is 66.8. The van der Waals surface area contributed by atoms with Gasteiger partial charge in [0.2, 0.25) is 10.0 Å². The van der Waals surface area contributed by atoms with Crippen LogP contribution in [0.2, 0.25) is 0 Å². The molecule has 0 aliphatic carbocycles. The van der Waals surface area contributed by atoms with Crippen LogP contribution in [-0.2, 0) is 19.5 Å². The smallest absolute Gasteiger partial charge is 0.410 e. The number of anilines is 4. The number of unbranched alkanes of at least 4 members (excludes halogenated alkanes) is 1. The van der Waals surface area contributed by atoms with Crippen LogP contribution < -0.4 is 24.3 Å². The molecule has 4 aliphatic heterocycles. The van der Waals surface area contributed by atoms with E-state index in [1.807, 2.05) is 130 Å². The van der Waals surface area contributed by atoms with Crippen LogP contribution in [0.4, 0.5) is 30.1 Å². The molecule has 4 aromatic carbocycles. The van der Waals surface area contributed by atoms with Gasteiger partial charge in [0.25, 0.3) is 0 Å². The standard InChI is InChI=1S/C19H25N3O3S.C18H23N3O3S.C17H23N3O3S2.C14H16N2OS.H2/c1-19(2,3)25-18(23)22-11-9-21(10-12-22)17-20-15(13-26-17)14-7-5-6-8-16(14)24-4;1-13(2)11-24-18(23)21-9-7-20(8-10-21)17-19-15(12-25-17)14-5-3-4-6-16(14)22;1-2-3-12-25(22,23)20-10-8-19(9-11-20)17-18-15(13-24-17)14-6-4-5-7-16(14)21;17-13-7-3-2-6-11(13)12-10-18-14(15-12)16-8-4-1-5-9-16;/h5-8,13H,9-12H2,1-4H3;3-6,12-13,22H,7-11H2,1-2H3;4-7,13,21H,2-3,8-12H2,1H3;2-3,6-7,10,17H,1,4-5,8-9H2;1H. The molecule has 8 heterocycles. The number of thiazole rings is 4. The number of phenols is 3. The maximum absolute atomic E-state index is 12.3. The zero-order valence-corrected chi connectivity index (χ0v) is 58.7. The fraction of sp³-hybridized carbons (Fsp3) is 0.441. The fourth-order valence-electron chi connectivity index (χ4n) is 10.6. The number of nitrogens with zero attached hydrogens (tertiary/aromatic N) is 11. The van der Waals surface area contributed by atoms with Crippen LogP contribution in [0, 0.1) is 5.92 Å². The topological polar surface area (TPSA) is 231 Å². The number of phenolic OH excluding ortho intramolecular Hbond substituents is 3. The van der Waals surface area contributed by atoms with Gasteiger partial charge in [-0.1, -0.05) is 75.7 Å². The number of rotatable bonds is 15. The Bertz CT molecular complexity index is 3810. The monoisotopic (exact) mass is 1380 g/mol. The molecule has 4 aliphatic rings. The number of amides is 2. The van der Waals surface area contributed by atoms with E-state index in [1.54, 1.807) is 85.6 Å². The summed E-state index contributed by atoms with van der Waals surface area (Å²) in [5.74, 6) is 2.14. The summed E-state index contributed by atoms with van der Waals surface area (Å²) in [6.45, 7) is 22.1. The molecule has 506 valence electrons. The van der Waals surface area contributed by atoms with Gasteiger partial charge in [-0.3, -0.25) is 0 Å². The minimum atomic E-state index is -3.14. The number of ether oxygens (including phenoxy) is 3. The van der Waals surface area contributed by atoms with Crippen LogP contribution in [0.3, 0.4) is 0 Å². The molecule has 0 atom stereocenters. The van der Waals surface area contributed by atoms with Crippen LogP contribution in [0.25, 0.3) is 45.0 Å². The quantitative estimate of drug-likeness (QED) is 0.0866. The Labute approximate surface area is 570 Å². The summed E-state index contributed by atoms with van der Waals surface area (Å²) >= 11 is 6.35. The second-order valence-electron chi connectivity index (χ2n) is 24.3. The third kappa shape index (κ3) is 19.5. The Kier molecular flexibility index (Phi) is 25.2. The number of aromatic nitrogens is 4. The SMILES string of the molecule is CC(C)COC(=O)N1CCN(c2nc(-c3ccccc3O)cs2)CC1.CCCCS(=O)(=O)N1CCN(c2nc(-c3ccccc3O)cs2)CC1.COc1ccccc1-c1csc(N2CCN(C(=O)OC(C)(C)C)CC2)n1.Oc1ccccc1-c1csc(N2CCCCC2)n1.[HH]. The second kappa shape index (κ2) is 33.6. The highest BCUT2D eigenvalue weighted by molar-refractivity contribution is 7.89. The van der Waals surface area contributed by atoms with Gasteiger partial charge in [-0.25, -0.2) is 37.9 Å². The van der Waals surface area contributed by atoms with Crippen molar-refractivity contribution in [1.29, 1.82) is 0 Å². The van der Waals surface area contributed by atoms with E-state index >= 15 is 0 Å². The molecule has 2 amide bonds. The molecule has 0 unspecified atom stereocenters. The van der Waals surface area contributed by atoms with Crippen LogP contribution in [0.5, 0.6) is 23.0 Å². The van der Waals surface area contributed by atoms with Gasteiger partial charge in [-0.15, -0.1) is 45.3 Å². The fourth-order valence-corrected chi connectivity index (χ4v) is 15.7. The van der Waals surface area contributed by atoms with Crippen LogP contribution in [0.15, 0.2) is 119 Å². The maximum atomic E-state index is 12.3. The highest BCUT2D eigenvalue weighted by Gasteiger charge is 2.30. The molecule has 21 nitrogen and oxygen atoms in total. The van der Waals surface area contributed by atoms with E-state index in [0.29, 0.717) is 82.6 Å². The number of hydrogen-bond donors (Lipinski definition) is 3. The lowest BCUT2D eigenvalue weighted by Crippen LogP contribution is -2.50. The lowest BCUT2D eigenvalue weighted by molar-refractivity contribution is 0.0240. The van der Waals surface area contributed by atoms with Crippen molar-refractivity contribution in [2.75, 3.05) is 131 Å². The van der Waals surface area contributed by atoms with Gasteiger partial charge in [0.15, 0.2) is 20.5 Å². The van der Waals surface area contributed by atoms with Crippen molar-refractivity contribution in [2.45, 2.75) is 79.2 Å². The lowest BCUT2D eigenvalue weighted by Gasteiger charge is -2.35. The van der Waals surface area contributed by atoms with E-state index in [9.17, 15) is 33.3 Å². The molecule has 8 aromatic rings. The Balaban J connectivity index is 0.000000163. The molecule has 0 spiro atoms. The Morgan fingerprint density at radius 2 is 0.883 bits per heavy atom. The third-order valence-electron chi connectivity index (χ3n) is 15.7. The number of piperazine rings is 3. The maximum Gasteiger partial charge on any atom is 0.410 e. The molecular weight excluding hydrogens is 1290 g/mol. The first-order valence-electron chi connectivity index (χ1n) is 31.9. The molecule has 94 heavy (non-hydrogen) atoms. The van der Waals surface area contributed by atoms with Crippen molar-refractivity contribution >= 4 is 88.1 Å². The van der Waals surface area contributed by atoms with Crippen LogP contribution in [0.1, 0.15) is 75.1 Å². The number of carbonyl (C=O) groups excluding carboxylic acids is 2. The van der Waals surface area contributed by atoms with Gasteiger partial charge >= 0.3 is 12.2 Å². The Hall–Kier alpha value is -7.75. The number of piperidine rings is 1. The predicted octanol–water partition coefficient (Wildman–Crippen LogP) is 13.8. The van der Waals surface area contributed by atoms with Gasteiger partial charge in [0, 0.05) is 137 Å². The third-order valence-corrected chi connectivity index (χ3v) is 21.3. The van der Waals surface area contributed by atoms with E-state index in [0.717, 1.165) is 111 Å². The van der Waals surface area contributed by atoms with Crippen molar-refractivity contribution in [3.05, 3.63) is 119 Å². The number of hydrogen-bond acceptors (Lipinski definition) is 22. The molecular formula is C68H89N11O10S5. The summed E-state index contributed by atoms with van der Waals surface area (Å²) in [4.78, 5) is 55.2. The van der Waals surface area contributed by atoms with Crippen molar-refractivity contribution in [2.24, 2.45) is 5.92 Å². The number of methoxy groups -OCH3 is 1. The highest BCUT2D eigenvalue weighted by Crippen LogP contribution is 2.38. The molecule has 4 fully saturated rings. The number of benzene rings is 4. The van der Waals surface area contributed by atoms with Crippen molar-refractivity contribution in [1.82, 2.24) is 34.0 Å². The summed E-state index contributed by atoms with van der Waals surface area (Å²) in [5, 5.41) is 41.5. The van der Waals surface area contributed by atoms with Gasteiger partial charge in [-0.2, -0.15) is 4.31 Å². The summed E-state index contributed by atoms with van der Waals surface area (Å²) in [6.07, 6.45) is 4.95. The van der Waals surface area contributed by atoms with Gasteiger partial charge in [-0.05, 0) is 101 Å². The van der Waals surface area contributed by atoms with Gasteiger partial charge in [0.05, 0.1) is 42.2 Å². The van der Waals surface area contributed by atoms with E-state index < -0.39 is 15.6 Å². The second-order valence-corrected chi connectivity index (χ2v) is 29.8. The number of carbonyl (C=O) groups is 2. The summed E-state index contributed by atoms with van der Waals surface area (Å²) < 4.78 is 42.3. The lowest BCUT2D eigenvalue weighted by atomic mass is 10.1. The molecule has 26 heteroatoms. The zero-order valence-electron chi connectivity index (χ0n) is 54.6. The van der Waals surface area contributed by atoms with E-state index in [4.69, 9.17) is 19.2 Å². The molecule has 4 aromatic heterocycles. The Morgan fingerprint density at radius 1 is 0.521 bits per heavy atom. The molecule has 0 saturated carbocycles. The average Bonchev–Trinajstić information content (AvgIpc) is 1.86. The van der Waals surface area contributed by atoms with Crippen molar-refractivity contribution in [3.63, 3.8) is 0 Å². The van der Waals surface area contributed by atoms with Crippen molar-refractivity contribution in [3.8, 4) is 68.0 Å². The first-order valence-corrected chi connectivity index (χ1v) is 37.1. The molecule has 3 N–H and O–H groups in total. The average molecular weight is 1380 g/mol. The number of sulfonamides is 1. The van der Waals surface area contributed by atoms with E-state index in [1.165, 1.54) is 30.6 Å². The molecule has 4 saturated heterocycles. The number of aromatic hydroxyl groups is 3. The first kappa shape index (κ1) is 70.6. The minimum absolute atomic E-state index is 0. The summed E-state index contributed by atoms with van der Waals surface area (Å²) in [7, 11) is -1.47. The first-order chi connectivity index (χ1) is 45.3. The van der Waals surface area contributed by atoms with Gasteiger partial charge < -0.3 is 58.9 Å². The molecule has 0 radical (unpaired) electrons.